The highest BCUT2D eigenvalue weighted by Gasteiger charge is 2.40. The number of aromatic amines is 2. The summed E-state index contributed by atoms with van der Waals surface area (Å²) in [6.45, 7) is -1.47. The smallest absolute Gasteiger partial charge is 0.305 e. The van der Waals surface area contributed by atoms with Crippen LogP contribution in [0, 0.1) is 10.8 Å². The first-order valence-corrected chi connectivity index (χ1v) is 46.4. The third-order valence-electron chi connectivity index (χ3n) is 18.8. The average molecular weight is 1870 g/mol. The second kappa shape index (κ2) is 52.6. The van der Waals surface area contributed by atoms with Crippen molar-refractivity contribution in [1.29, 1.82) is 10.8 Å². The number of benzene rings is 1. The number of aliphatic hydroxyl groups excluding tert-OH is 2. The number of amides is 17. The number of primary amides is 2. The van der Waals surface area contributed by atoms with Gasteiger partial charge in [0.25, 0.3) is 0 Å². The maximum absolute atomic E-state index is 15.4. The van der Waals surface area contributed by atoms with E-state index in [4.69, 9.17) is 45.2 Å². The summed E-state index contributed by atoms with van der Waals surface area (Å²) in [5.74, 6) is -26.3. The van der Waals surface area contributed by atoms with E-state index in [1.165, 1.54) is 19.4 Å². The molecule has 49 nitrogen and oxygen atoms in total. The minimum atomic E-state index is -2.16. The molecular weight excluding hydrogens is 1760 g/mol. The van der Waals surface area contributed by atoms with Gasteiger partial charge in [0.05, 0.1) is 38.4 Å². The lowest BCUT2D eigenvalue weighted by Crippen LogP contribution is -2.62. The Labute approximate surface area is 737 Å². The van der Waals surface area contributed by atoms with Gasteiger partial charge in [-0.25, -0.2) is 4.98 Å². The van der Waals surface area contributed by atoms with Crippen molar-refractivity contribution in [2.24, 2.45) is 34.4 Å². The van der Waals surface area contributed by atoms with Gasteiger partial charge in [-0.05, 0) is 70.0 Å². The van der Waals surface area contributed by atoms with E-state index >= 15 is 9.59 Å². The summed E-state index contributed by atoms with van der Waals surface area (Å²) in [5.41, 5.74) is 36.1. The lowest BCUT2D eigenvalue weighted by molar-refractivity contribution is -0.141. The molecule has 0 radical (unpaired) electrons. The number of aliphatic hydroxyl groups is 2. The van der Waals surface area contributed by atoms with E-state index in [1.807, 2.05) is 0 Å². The van der Waals surface area contributed by atoms with Crippen molar-refractivity contribution in [2.75, 3.05) is 67.4 Å². The second-order valence-electron chi connectivity index (χ2n) is 28.5. The molecule has 55 heteroatoms. The van der Waals surface area contributed by atoms with Crippen LogP contribution < -0.4 is 125 Å². The van der Waals surface area contributed by atoms with Crippen LogP contribution in [0.15, 0.2) is 43.0 Å². The van der Waals surface area contributed by atoms with Crippen LogP contribution in [0.2, 0.25) is 0 Å². The SMILES string of the molecule is C[C@@H]1NC(=O)[C@H](CO)NC(=O)[C@@H]2CSSC[C@@H](C(N)=O)NC(=O)[C@@H]3CSSC[C@H](NC(=O)[C@@H](N)CSSC[C@H](NC(=O)[C@H](Cc4c[nH]c5ccccc45)NC(=O)[C@H](CCCCN)NC1=O)C(=O)N[C@@H](CCCNC(=N)N)C(=O)N[C@@H](CC(=O)O)C(=O)N[C@@H](Cc1cnc[nH]1)C(=O)N[C@@H](CO)C(=O)N[C@@H](CCCNC(=N)N)C(=O)N3)C(=O)N[C@H](CC(N)=O)C(=O)N2. The monoisotopic (exact) mass is 1870 g/mol. The van der Waals surface area contributed by atoms with Crippen LogP contribution in [-0.2, 0) is 99.1 Å². The molecule has 4 bridgehead atoms. The number of nitrogens with two attached hydrogens (primary N) is 6. The minimum absolute atomic E-state index is 0.102. The van der Waals surface area contributed by atoms with Crippen molar-refractivity contribution in [1.82, 2.24) is 105 Å². The number of H-pyrrole nitrogens is 2. The summed E-state index contributed by atoms with van der Waals surface area (Å²) in [6, 6.07) is -22.4. The molecule has 36 N–H and O–H groups in total. The van der Waals surface area contributed by atoms with E-state index in [1.54, 1.807) is 30.5 Å². The maximum Gasteiger partial charge on any atom is 0.305 e. The third kappa shape index (κ3) is 34.8. The van der Waals surface area contributed by atoms with Crippen molar-refractivity contribution in [3.8, 4) is 0 Å². The Morgan fingerprint density at radius 2 is 0.840 bits per heavy atom. The first-order chi connectivity index (χ1) is 59.5. The molecule has 5 heterocycles. The van der Waals surface area contributed by atoms with E-state index in [-0.39, 0.29) is 70.3 Å². The average Bonchev–Trinajstić information content (AvgIpc) is 1.69. The highest BCUT2D eigenvalue weighted by atomic mass is 33.1. The van der Waals surface area contributed by atoms with Gasteiger partial charge in [-0.1, -0.05) is 83.0 Å². The molecule has 0 spiro atoms. The molecule has 0 aliphatic carbocycles. The van der Waals surface area contributed by atoms with Gasteiger partial charge < -0.3 is 150 Å². The summed E-state index contributed by atoms with van der Waals surface area (Å²) < 4.78 is 0. The van der Waals surface area contributed by atoms with Crippen LogP contribution in [0.25, 0.3) is 10.9 Å². The second-order valence-corrected chi connectivity index (χ2v) is 36.2. The molecule has 0 unspecified atom stereocenters. The fourth-order valence-corrected chi connectivity index (χ4v) is 19.0. The van der Waals surface area contributed by atoms with Crippen molar-refractivity contribution < 1.29 is 102 Å². The summed E-state index contributed by atoms with van der Waals surface area (Å²) in [6.07, 6.45) is 0.00499. The standard InChI is InChI=1S/C70H106N28O21S6/c1-31-54(105)85-37(10-4-5-13-71)56(107)88-40(16-32-20-82-36-9-3-2-8-34(32)36)59(110)97-48-27-122-120-24-35(72)55(106)95-47-26-124-125-29-50(68(119)94-46(53(74)104)25-121-123-28-49(67(118)93-44(22-99)63(114)84-31)98-61(112)42(18-51(73)101)90-66(47)117)96-58(109)39(12-7-15-81-70(77)78)86-64(115)45(23-100)92-60(111)41(17-33-21-79-30-83-33)89-62(113)43(19-52(102)103)91-57(108)38(87-65(48)116)11-6-14-80-69(75)76/h2-3,8-9,20-21,30-31,35,37-50,82,99-100H,4-7,10-19,22-29,71-72H2,1H3,(H2,73,101)(H2,74,104)(H,79,83)(H,84,114)(H,85,105)(H,86,115)(H,87,116)(H,88,107)(H,89,113)(H,90,117)(H,91,108)(H,92,111)(H,93,118)(H,94,119)(H,95,106)(H,96,109)(H,97,110)(H,98,112)(H,102,103)(H4,75,76,80)(H4,77,78,81)/t31-,35-,37-,38-,39-,40-,41-,42+,43-,44-,45-,46-,47-,48-,49-,50-/m0/s1. The van der Waals surface area contributed by atoms with Crippen molar-refractivity contribution in [2.45, 2.75) is 174 Å². The number of carboxylic acids is 1. The first-order valence-electron chi connectivity index (χ1n) is 38.9. The molecule has 3 fully saturated rings. The summed E-state index contributed by atoms with van der Waals surface area (Å²) in [7, 11) is 4.50. The highest BCUT2D eigenvalue weighted by molar-refractivity contribution is 8.77. The fourth-order valence-electron chi connectivity index (χ4n) is 12.0. The molecule has 125 heavy (non-hydrogen) atoms. The molecule has 1 aromatic carbocycles. The number of para-hydroxylation sites is 1. The van der Waals surface area contributed by atoms with E-state index in [2.05, 4.69) is 105 Å². The van der Waals surface area contributed by atoms with Gasteiger partial charge >= 0.3 is 5.97 Å². The van der Waals surface area contributed by atoms with E-state index in [0.717, 1.165) is 64.8 Å². The first kappa shape index (κ1) is 103. The number of aliphatic carboxylic acids is 1. The summed E-state index contributed by atoms with van der Waals surface area (Å²) >= 11 is 0. The number of rotatable bonds is 23. The van der Waals surface area contributed by atoms with Gasteiger partial charge in [0.2, 0.25) is 100 Å². The number of carbonyl (C=O) groups is 18. The van der Waals surface area contributed by atoms with Gasteiger partial charge in [-0.3, -0.25) is 97.1 Å². The van der Waals surface area contributed by atoms with Crippen LogP contribution in [0.1, 0.15) is 76.0 Å². The number of hydrogen-bond donors (Lipinski definition) is 30. The molecule has 0 saturated carbocycles. The molecule has 3 aromatic rings. The third-order valence-corrected chi connectivity index (χ3v) is 26.1. The van der Waals surface area contributed by atoms with E-state index in [0.29, 0.717) is 16.5 Å². The van der Waals surface area contributed by atoms with Crippen LogP contribution in [0.5, 0.6) is 0 Å². The number of carbonyl (C=O) groups excluding carboxylic acids is 17. The highest BCUT2D eigenvalue weighted by Crippen LogP contribution is 2.28. The number of nitrogens with one attached hydrogen (secondary N) is 21. The number of nitrogens with zero attached hydrogens (tertiary/aromatic N) is 1. The molecule has 3 saturated heterocycles. The number of unbranched alkanes of at least 4 members (excludes halogenated alkanes) is 1. The normalized spacial score (nSPS) is 26.5. The Morgan fingerprint density at radius 3 is 1.34 bits per heavy atom. The number of guanidine groups is 2. The predicted molar refractivity (Wildman–Crippen MR) is 462 cm³/mol. The molecule has 2 aromatic heterocycles. The van der Waals surface area contributed by atoms with Crippen LogP contribution in [-0.4, -0.2) is 313 Å². The number of hydrogen-bond acceptors (Lipinski definition) is 31. The van der Waals surface area contributed by atoms with Crippen LogP contribution in [0.3, 0.4) is 0 Å². The number of aromatic nitrogens is 3. The van der Waals surface area contributed by atoms with Gasteiger partial charge in [0.1, 0.15) is 90.6 Å². The van der Waals surface area contributed by atoms with Crippen molar-refractivity contribution in [3.63, 3.8) is 0 Å². The quantitative estimate of drug-likeness (QED) is 0.0181. The number of carboxylic acid groups (broad SMARTS) is 1. The molecule has 3 aliphatic rings. The Bertz CT molecular complexity index is 4330. The number of fused-ring (bicyclic) bond motifs is 17. The Balaban J connectivity index is 1.60. The zero-order valence-electron chi connectivity index (χ0n) is 67.4. The Hall–Kier alpha value is -11.1. The predicted octanol–water partition coefficient (Wildman–Crippen LogP) is -11.0. The van der Waals surface area contributed by atoms with E-state index < -0.39 is 288 Å². The molecule has 6 rings (SSSR count). The Morgan fingerprint density at radius 1 is 0.448 bits per heavy atom. The summed E-state index contributed by atoms with van der Waals surface area (Å²) in [4.78, 5) is 270. The Kier molecular flexibility index (Phi) is 43.2. The zero-order valence-corrected chi connectivity index (χ0v) is 72.3. The molecule has 17 amide bonds. The van der Waals surface area contributed by atoms with Crippen molar-refractivity contribution >= 4 is 194 Å². The zero-order chi connectivity index (χ0) is 92.0. The van der Waals surface area contributed by atoms with E-state index in [9.17, 15) is 92.0 Å². The van der Waals surface area contributed by atoms with Crippen LogP contribution >= 0.6 is 64.8 Å². The number of imidazole rings is 1. The maximum atomic E-state index is 15.4. The largest absolute Gasteiger partial charge is 0.481 e. The fraction of sp³-hybridized carbons (Fsp3) is 0.557. The summed E-state index contributed by atoms with van der Waals surface area (Å²) in [5, 5.41) is 89.5. The molecule has 16 atom stereocenters. The molecular formula is C70H106N28O21S6. The minimum Gasteiger partial charge on any atom is -0.481 e. The van der Waals surface area contributed by atoms with Gasteiger partial charge in [0, 0.05) is 89.4 Å². The topological polar surface area (TPSA) is 821 Å². The lowest BCUT2D eigenvalue weighted by Gasteiger charge is -2.28. The van der Waals surface area contributed by atoms with Crippen molar-refractivity contribution in [3.05, 3.63) is 54.2 Å². The van der Waals surface area contributed by atoms with Gasteiger partial charge in [-0.2, -0.15) is 0 Å². The lowest BCUT2D eigenvalue weighted by atomic mass is 10.0. The van der Waals surface area contributed by atoms with Gasteiger partial charge in [-0.15, -0.1) is 0 Å². The molecule has 3 aliphatic heterocycles. The van der Waals surface area contributed by atoms with Crippen LogP contribution in [0.4, 0.5) is 0 Å². The van der Waals surface area contributed by atoms with Gasteiger partial charge in [0.15, 0.2) is 11.9 Å². The molecule has 688 valence electrons.